The van der Waals surface area contributed by atoms with Gasteiger partial charge in [-0.1, -0.05) is 0 Å². The van der Waals surface area contributed by atoms with Gasteiger partial charge in [-0.05, 0) is 12.1 Å². The van der Waals surface area contributed by atoms with Crippen LogP contribution in [0.3, 0.4) is 0 Å². The van der Waals surface area contributed by atoms with E-state index in [9.17, 15) is 40.5 Å². The van der Waals surface area contributed by atoms with Crippen LogP contribution in [0.4, 0.5) is 0 Å². The zero-order chi connectivity index (χ0) is 23.2. The summed E-state index contributed by atoms with van der Waals surface area (Å²) in [5.41, 5.74) is 0.155. The predicted octanol–water partition coefficient (Wildman–Crippen LogP) is -0.311. The number of hydrogen-bond donors (Lipinski definition) is 7. The molecule has 32 heavy (non-hydrogen) atoms. The minimum atomic E-state index is -1.67. The van der Waals surface area contributed by atoms with E-state index < -0.39 is 54.9 Å². The first kappa shape index (κ1) is 22.1. The van der Waals surface area contributed by atoms with Gasteiger partial charge in [0, 0.05) is 23.8 Å². The second-order valence-corrected chi connectivity index (χ2v) is 7.61. The van der Waals surface area contributed by atoms with E-state index in [2.05, 4.69) is 0 Å². The van der Waals surface area contributed by atoms with Crippen LogP contribution in [0.25, 0.3) is 0 Å². The molecule has 7 N–H and O–H groups in total. The maximum Gasteiger partial charge on any atom is 0.229 e. The lowest BCUT2D eigenvalue weighted by Gasteiger charge is -2.39. The highest BCUT2D eigenvalue weighted by Crippen LogP contribution is 2.44. The largest absolute Gasteiger partial charge is 0.508 e. The van der Waals surface area contributed by atoms with Crippen molar-refractivity contribution in [1.82, 2.24) is 0 Å². The number of Topliss-reactive ketones (excluding diaryl/α,β-unsaturated/α-hetero) is 1. The summed E-state index contributed by atoms with van der Waals surface area (Å²) in [7, 11) is 0. The molecule has 0 saturated carbocycles. The van der Waals surface area contributed by atoms with Gasteiger partial charge in [-0.2, -0.15) is 0 Å². The number of aliphatic hydroxyl groups is 4. The zero-order valence-corrected chi connectivity index (χ0v) is 16.5. The molecule has 11 nitrogen and oxygen atoms in total. The summed E-state index contributed by atoms with van der Waals surface area (Å²) in [5.74, 6) is -1.50. The van der Waals surface area contributed by atoms with Gasteiger partial charge in [-0.3, -0.25) is 4.79 Å². The fourth-order valence-corrected chi connectivity index (χ4v) is 3.76. The first-order valence-corrected chi connectivity index (χ1v) is 9.75. The second kappa shape index (κ2) is 8.45. The minimum Gasteiger partial charge on any atom is -0.508 e. The second-order valence-electron chi connectivity index (χ2n) is 7.61. The summed E-state index contributed by atoms with van der Waals surface area (Å²) in [5, 5.41) is 69.1. The molecule has 0 aromatic heterocycles. The van der Waals surface area contributed by atoms with Crippen LogP contribution < -0.4 is 9.47 Å². The Morgan fingerprint density at radius 2 is 1.72 bits per heavy atom. The molecule has 1 fully saturated rings. The lowest BCUT2D eigenvalue weighted by Crippen LogP contribution is -2.60. The normalized spacial score (nSPS) is 29.8. The number of ketones is 1. The van der Waals surface area contributed by atoms with Crippen molar-refractivity contribution in [3.05, 3.63) is 41.5 Å². The van der Waals surface area contributed by atoms with Crippen molar-refractivity contribution in [2.24, 2.45) is 0 Å². The van der Waals surface area contributed by atoms with Gasteiger partial charge >= 0.3 is 0 Å². The van der Waals surface area contributed by atoms with Crippen LogP contribution in [-0.2, 0) is 4.74 Å². The van der Waals surface area contributed by atoms with Crippen molar-refractivity contribution in [3.63, 3.8) is 0 Å². The number of aliphatic hydroxyl groups excluding tert-OH is 4. The van der Waals surface area contributed by atoms with Crippen molar-refractivity contribution in [3.8, 4) is 28.7 Å². The molecule has 0 bridgehead atoms. The molecule has 0 unspecified atom stereocenters. The van der Waals surface area contributed by atoms with Gasteiger partial charge in [0.1, 0.15) is 64.8 Å². The molecule has 4 rings (SSSR count). The highest BCUT2D eigenvalue weighted by molar-refractivity contribution is 6.02. The molecule has 0 radical (unpaired) electrons. The summed E-state index contributed by atoms with van der Waals surface area (Å²) in [6.07, 6.45) is -8.66. The topological polar surface area (TPSA) is 186 Å². The van der Waals surface area contributed by atoms with Gasteiger partial charge in [0.15, 0.2) is 5.78 Å². The Kier molecular flexibility index (Phi) is 5.84. The number of carbonyl (C=O) groups is 1. The van der Waals surface area contributed by atoms with Crippen LogP contribution in [0.2, 0.25) is 0 Å². The van der Waals surface area contributed by atoms with Crippen LogP contribution in [0, 0.1) is 0 Å². The Morgan fingerprint density at radius 1 is 0.969 bits per heavy atom. The summed E-state index contributed by atoms with van der Waals surface area (Å²) < 4.78 is 16.6. The highest BCUT2D eigenvalue weighted by atomic mass is 16.7. The molecule has 1 saturated heterocycles. The molecule has 0 spiro atoms. The van der Waals surface area contributed by atoms with Crippen molar-refractivity contribution in [1.29, 1.82) is 0 Å². The van der Waals surface area contributed by atoms with E-state index in [1.165, 1.54) is 18.2 Å². The van der Waals surface area contributed by atoms with Gasteiger partial charge in [0.25, 0.3) is 0 Å². The van der Waals surface area contributed by atoms with Crippen LogP contribution >= 0.6 is 0 Å². The van der Waals surface area contributed by atoms with E-state index in [1.54, 1.807) is 0 Å². The zero-order valence-electron chi connectivity index (χ0n) is 16.5. The summed E-state index contributed by atoms with van der Waals surface area (Å²) in [6, 6.07) is 6.20. The molecular weight excluding hydrogens is 428 g/mol. The molecule has 2 aliphatic rings. The fraction of sp³-hybridized carbons (Fsp3) is 0.381. The highest BCUT2D eigenvalue weighted by Gasteiger charge is 2.45. The number of hydrogen-bond acceptors (Lipinski definition) is 11. The number of aromatic hydroxyl groups is 3. The van der Waals surface area contributed by atoms with Gasteiger partial charge in [-0.25, -0.2) is 0 Å². The average Bonchev–Trinajstić information content (AvgIpc) is 2.73. The Hall–Kier alpha value is -3.09. The van der Waals surface area contributed by atoms with Crippen LogP contribution in [0.5, 0.6) is 28.7 Å². The third-order valence-corrected chi connectivity index (χ3v) is 5.44. The predicted molar refractivity (Wildman–Crippen MR) is 105 cm³/mol. The van der Waals surface area contributed by atoms with Crippen molar-refractivity contribution in [2.45, 2.75) is 43.2 Å². The van der Waals surface area contributed by atoms with E-state index in [0.29, 0.717) is 0 Å². The number of benzene rings is 2. The molecular formula is C21H22O11. The smallest absolute Gasteiger partial charge is 0.229 e. The molecule has 6 atom stereocenters. The molecule has 2 aromatic rings. The molecule has 0 amide bonds. The maximum absolute atomic E-state index is 12.6. The monoisotopic (exact) mass is 450 g/mol. The Bertz CT molecular complexity index is 1020. The molecule has 0 aliphatic carbocycles. The van der Waals surface area contributed by atoms with Gasteiger partial charge in [-0.15, -0.1) is 0 Å². The first-order valence-electron chi connectivity index (χ1n) is 9.75. The first-order chi connectivity index (χ1) is 15.2. The van der Waals surface area contributed by atoms with Gasteiger partial charge < -0.3 is 50.0 Å². The molecule has 2 aromatic carbocycles. The average molecular weight is 450 g/mol. The van der Waals surface area contributed by atoms with Crippen LogP contribution in [0.15, 0.2) is 30.3 Å². The van der Waals surface area contributed by atoms with Crippen molar-refractivity contribution in [2.75, 3.05) is 6.61 Å². The number of fused-ring (bicyclic) bond motifs is 1. The number of phenolic OH excluding ortho intramolecular Hbond substituents is 3. The SMILES string of the molecule is O=C1C[C@@H](c2ccc(O)cc2O)Oc2cc(O[C@H]3O[C@@H](CO)[C@H](O)[C@@H](O)[C@@H]3O)cc(O)c21. The molecule has 172 valence electrons. The van der Waals surface area contributed by atoms with E-state index >= 15 is 0 Å². The number of rotatable bonds is 4. The Morgan fingerprint density at radius 3 is 2.41 bits per heavy atom. The third-order valence-electron chi connectivity index (χ3n) is 5.44. The van der Waals surface area contributed by atoms with E-state index in [4.69, 9.17) is 14.2 Å². The third kappa shape index (κ3) is 3.92. The molecule has 11 heteroatoms. The number of ether oxygens (including phenoxy) is 3. The van der Waals surface area contributed by atoms with E-state index in [-0.39, 0.29) is 40.5 Å². The summed E-state index contributed by atoms with van der Waals surface area (Å²) >= 11 is 0. The van der Waals surface area contributed by atoms with Gasteiger partial charge in [0.05, 0.1) is 13.0 Å². The van der Waals surface area contributed by atoms with Crippen molar-refractivity contribution < 1.29 is 54.8 Å². The lowest BCUT2D eigenvalue weighted by atomic mass is 9.95. The van der Waals surface area contributed by atoms with Crippen molar-refractivity contribution >= 4 is 5.78 Å². The summed E-state index contributed by atoms with van der Waals surface area (Å²) in [6.45, 7) is -0.643. The van der Waals surface area contributed by atoms with Crippen LogP contribution in [0.1, 0.15) is 28.4 Å². The standard InChI is InChI=1S/C21H22O11/c22-7-16-18(27)19(28)20(29)21(32-16)30-9-4-12(25)17-13(26)6-14(31-15(17)5-9)10-2-1-8(23)3-11(10)24/h1-5,14,16,18-25,27-29H,6-7H2/t14-,16-,18-,19+,20-,21-/m0/s1. The fourth-order valence-electron chi connectivity index (χ4n) is 3.76. The maximum atomic E-state index is 12.6. The Balaban J connectivity index is 1.61. The number of phenols is 3. The van der Waals surface area contributed by atoms with Crippen LogP contribution in [-0.4, -0.2) is 78.8 Å². The molecule has 2 heterocycles. The summed E-state index contributed by atoms with van der Waals surface area (Å²) in [4.78, 5) is 12.6. The lowest BCUT2D eigenvalue weighted by molar-refractivity contribution is -0.277. The molecule has 2 aliphatic heterocycles. The quantitative estimate of drug-likeness (QED) is 0.324. The Labute approximate surface area is 181 Å². The number of carbonyl (C=O) groups excluding carboxylic acids is 1. The van der Waals surface area contributed by atoms with E-state index in [1.807, 2.05) is 0 Å². The van der Waals surface area contributed by atoms with Gasteiger partial charge in [0.2, 0.25) is 6.29 Å². The van der Waals surface area contributed by atoms with E-state index in [0.717, 1.165) is 12.1 Å². The minimum absolute atomic E-state index is 0.0571.